The molecule has 0 spiro atoms. The molecule has 29 heavy (non-hydrogen) atoms. The summed E-state index contributed by atoms with van der Waals surface area (Å²) in [5, 5.41) is 12.5. The van der Waals surface area contributed by atoms with Crippen LogP contribution in [0.5, 0.6) is 5.75 Å². The van der Waals surface area contributed by atoms with Crippen LogP contribution in [0.4, 0.5) is 5.95 Å². The molecule has 0 atom stereocenters. The van der Waals surface area contributed by atoms with Crippen LogP contribution in [0.3, 0.4) is 0 Å². The van der Waals surface area contributed by atoms with Gasteiger partial charge < -0.3 is 14.5 Å². The molecule has 0 aliphatic rings. The molecule has 3 N–H and O–H groups in total. The lowest BCUT2D eigenvalue weighted by Crippen LogP contribution is -2.13. The van der Waals surface area contributed by atoms with Crippen LogP contribution < -0.4 is 5.32 Å². The Morgan fingerprint density at radius 2 is 1.86 bits per heavy atom. The van der Waals surface area contributed by atoms with E-state index in [2.05, 4.69) is 20.3 Å². The van der Waals surface area contributed by atoms with Crippen molar-refractivity contribution >= 4 is 28.5 Å². The Bertz CT molecular complexity index is 1380. The lowest BCUT2D eigenvalue weighted by atomic mass is 10.1. The Labute approximate surface area is 165 Å². The van der Waals surface area contributed by atoms with Gasteiger partial charge in [0.2, 0.25) is 5.95 Å². The first-order valence-corrected chi connectivity index (χ1v) is 9.12. The molecule has 7 heteroatoms. The zero-order valence-corrected chi connectivity index (χ0v) is 15.5. The summed E-state index contributed by atoms with van der Waals surface area (Å²) in [6.07, 6.45) is 1.71. The molecule has 5 rings (SSSR count). The third kappa shape index (κ3) is 3.08. The average Bonchev–Trinajstić information content (AvgIpc) is 3.31. The van der Waals surface area contributed by atoms with E-state index in [0.717, 1.165) is 33.5 Å². The van der Waals surface area contributed by atoms with Gasteiger partial charge in [-0.15, -0.1) is 0 Å². The van der Waals surface area contributed by atoms with Crippen LogP contribution in [0.1, 0.15) is 16.2 Å². The van der Waals surface area contributed by atoms with Crippen LogP contribution in [0, 0.1) is 6.92 Å². The van der Waals surface area contributed by atoms with E-state index in [-0.39, 0.29) is 11.7 Å². The summed E-state index contributed by atoms with van der Waals surface area (Å²) >= 11 is 0. The van der Waals surface area contributed by atoms with Crippen molar-refractivity contribution in [2.24, 2.45) is 0 Å². The zero-order valence-electron chi connectivity index (χ0n) is 15.5. The summed E-state index contributed by atoms with van der Waals surface area (Å²) in [7, 11) is 0. The SMILES string of the molecule is Cc1cccc2nc(C(=O)Nc3nc4ccc(-c5cccc(O)c5)cc4[nH]3)cn12. The van der Waals surface area contributed by atoms with E-state index in [4.69, 9.17) is 0 Å². The van der Waals surface area contributed by atoms with Gasteiger partial charge in [0.25, 0.3) is 5.91 Å². The fourth-order valence-electron chi connectivity index (χ4n) is 3.36. The Balaban J connectivity index is 1.44. The van der Waals surface area contributed by atoms with Crippen LogP contribution in [0.2, 0.25) is 0 Å². The van der Waals surface area contributed by atoms with Gasteiger partial charge in [-0.1, -0.05) is 24.3 Å². The summed E-state index contributed by atoms with van der Waals surface area (Å²) in [4.78, 5) is 24.6. The van der Waals surface area contributed by atoms with Crippen molar-refractivity contribution in [1.29, 1.82) is 0 Å². The minimum absolute atomic E-state index is 0.211. The van der Waals surface area contributed by atoms with Gasteiger partial charge in [-0.2, -0.15) is 0 Å². The van der Waals surface area contributed by atoms with Gasteiger partial charge in [-0.3, -0.25) is 10.1 Å². The topological polar surface area (TPSA) is 95.3 Å². The van der Waals surface area contributed by atoms with Crippen LogP contribution in [-0.2, 0) is 0 Å². The van der Waals surface area contributed by atoms with Crippen LogP contribution in [0.15, 0.2) is 66.9 Å². The van der Waals surface area contributed by atoms with E-state index in [1.54, 1.807) is 24.4 Å². The third-order valence-corrected chi connectivity index (χ3v) is 4.82. The van der Waals surface area contributed by atoms with E-state index in [0.29, 0.717) is 11.6 Å². The molecule has 0 saturated heterocycles. The molecular formula is C22H17N5O2. The van der Waals surface area contributed by atoms with Gasteiger partial charge in [0, 0.05) is 11.9 Å². The molecule has 3 aromatic heterocycles. The molecule has 0 radical (unpaired) electrons. The number of amides is 1. The van der Waals surface area contributed by atoms with Crippen molar-refractivity contribution in [1.82, 2.24) is 19.4 Å². The van der Waals surface area contributed by atoms with Crippen molar-refractivity contribution in [3.8, 4) is 16.9 Å². The van der Waals surface area contributed by atoms with Gasteiger partial charge >= 0.3 is 0 Å². The molecule has 3 heterocycles. The number of aromatic amines is 1. The second-order valence-corrected chi connectivity index (χ2v) is 6.84. The molecule has 0 fully saturated rings. The first-order chi connectivity index (χ1) is 14.1. The quantitative estimate of drug-likeness (QED) is 0.436. The number of hydrogen-bond donors (Lipinski definition) is 3. The summed E-state index contributed by atoms with van der Waals surface area (Å²) in [5.74, 6) is 0.232. The van der Waals surface area contributed by atoms with Gasteiger partial charge in [-0.05, 0) is 54.4 Å². The molecule has 142 valence electrons. The van der Waals surface area contributed by atoms with E-state index in [9.17, 15) is 9.90 Å². The molecule has 0 unspecified atom stereocenters. The monoisotopic (exact) mass is 383 g/mol. The van der Waals surface area contributed by atoms with E-state index in [1.165, 1.54) is 0 Å². The smallest absolute Gasteiger partial charge is 0.278 e. The number of hydrogen-bond acceptors (Lipinski definition) is 4. The molecule has 0 aliphatic heterocycles. The number of fused-ring (bicyclic) bond motifs is 2. The van der Waals surface area contributed by atoms with Crippen LogP contribution in [0.25, 0.3) is 27.8 Å². The van der Waals surface area contributed by atoms with Crippen molar-refractivity contribution < 1.29 is 9.90 Å². The maximum absolute atomic E-state index is 12.6. The predicted molar refractivity (Wildman–Crippen MR) is 111 cm³/mol. The van der Waals surface area contributed by atoms with E-state index < -0.39 is 0 Å². The number of imidazole rings is 2. The fourth-order valence-corrected chi connectivity index (χ4v) is 3.36. The Morgan fingerprint density at radius 3 is 2.69 bits per heavy atom. The summed E-state index contributed by atoms with van der Waals surface area (Å²) in [6, 6.07) is 18.5. The highest BCUT2D eigenvalue weighted by Gasteiger charge is 2.14. The van der Waals surface area contributed by atoms with Crippen molar-refractivity contribution in [3.63, 3.8) is 0 Å². The summed E-state index contributed by atoms with van der Waals surface area (Å²) in [5.41, 5.74) is 5.38. The standard InChI is InChI=1S/C22H17N5O2/c1-13-4-2-7-20-23-19(12-27(13)20)21(29)26-22-24-17-9-8-15(11-18(17)25-22)14-5-3-6-16(28)10-14/h2-12,28H,1H3,(H2,24,25,26,29). The van der Waals surface area contributed by atoms with E-state index in [1.807, 2.05) is 53.8 Å². The van der Waals surface area contributed by atoms with Gasteiger partial charge in [-0.25, -0.2) is 9.97 Å². The number of aromatic hydroxyl groups is 1. The number of H-pyrrole nitrogens is 1. The van der Waals surface area contributed by atoms with Gasteiger partial charge in [0.1, 0.15) is 17.1 Å². The Hall–Kier alpha value is -4.13. The lowest BCUT2D eigenvalue weighted by Gasteiger charge is -2.02. The highest BCUT2D eigenvalue weighted by molar-refractivity contribution is 6.03. The number of benzene rings is 2. The molecule has 0 aliphatic carbocycles. The highest BCUT2D eigenvalue weighted by atomic mass is 16.3. The Kier molecular flexibility index (Phi) is 3.80. The first kappa shape index (κ1) is 17.0. The van der Waals surface area contributed by atoms with Gasteiger partial charge in [0.15, 0.2) is 0 Å². The average molecular weight is 383 g/mol. The molecule has 1 amide bonds. The molecule has 5 aromatic rings. The van der Waals surface area contributed by atoms with Crippen LogP contribution >= 0.6 is 0 Å². The number of carbonyl (C=O) groups is 1. The number of rotatable bonds is 3. The minimum Gasteiger partial charge on any atom is -0.508 e. The number of anilines is 1. The molecule has 2 aromatic carbocycles. The normalized spacial score (nSPS) is 11.2. The summed E-state index contributed by atoms with van der Waals surface area (Å²) < 4.78 is 1.87. The minimum atomic E-state index is -0.333. The number of carbonyl (C=O) groups excluding carboxylic acids is 1. The molecule has 7 nitrogen and oxygen atoms in total. The second-order valence-electron chi connectivity index (χ2n) is 6.84. The first-order valence-electron chi connectivity index (χ1n) is 9.12. The number of nitrogens with zero attached hydrogens (tertiary/aromatic N) is 3. The fraction of sp³-hybridized carbons (Fsp3) is 0.0455. The van der Waals surface area contributed by atoms with Crippen LogP contribution in [-0.4, -0.2) is 30.4 Å². The van der Waals surface area contributed by atoms with Crippen molar-refractivity contribution in [2.45, 2.75) is 6.92 Å². The maximum atomic E-state index is 12.6. The van der Waals surface area contributed by atoms with E-state index >= 15 is 0 Å². The number of aryl methyl sites for hydroxylation is 1. The maximum Gasteiger partial charge on any atom is 0.278 e. The Morgan fingerprint density at radius 1 is 1.03 bits per heavy atom. The number of pyridine rings is 1. The second kappa shape index (κ2) is 6.49. The lowest BCUT2D eigenvalue weighted by molar-refractivity contribution is 0.102. The number of aromatic nitrogens is 4. The van der Waals surface area contributed by atoms with Crippen molar-refractivity contribution in [3.05, 3.63) is 78.2 Å². The molecular weight excluding hydrogens is 366 g/mol. The third-order valence-electron chi connectivity index (χ3n) is 4.82. The zero-order chi connectivity index (χ0) is 20.0. The molecule has 0 bridgehead atoms. The number of nitrogens with one attached hydrogen (secondary N) is 2. The number of phenols is 1. The largest absolute Gasteiger partial charge is 0.508 e. The van der Waals surface area contributed by atoms with Gasteiger partial charge in [0.05, 0.1) is 11.0 Å². The predicted octanol–water partition coefficient (Wildman–Crippen LogP) is 4.14. The highest BCUT2D eigenvalue weighted by Crippen LogP contribution is 2.26. The summed E-state index contributed by atoms with van der Waals surface area (Å²) in [6.45, 7) is 1.96. The van der Waals surface area contributed by atoms with Crippen molar-refractivity contribution in [2.75, 3.05) is 5.32 Å². The molecule has 0 saturated carbocycles. The number of phenolic OH excluding ortho intramolecular Hbond substituents is 1.